The van der Waals surface area contributed by atoms with Crippen LogP contribution in [0.15, 0.2) is 57.5 Å². The molecule has 0 bridgehead atoms. The lowest BCUT2D eigenvalue weighted by atomic mass is 10.2. The van der Waals surface area contributed by atoms with Crippen LogP contribution in [0, 0.1) is 0 Å². The van der Waals surface area contributed by atoms with E-state index in [-0.39, 0.29) is 5.91 Å². The summed E-state index contributed by atoms with van der Waals surface area (Å²) < 4.78 is 11.0. The van der Waals surface area contributed by atoms with Crippen molar-refractivity contribution in [3.8, 4) is 11.5 Å². The molecule has 5 nitrogen and oxygen atoms in total. The van der Waals surface area contributed by atoms with Crippen LogP contribution in [-0.4, -0.2) is 11.1 Å². The Hall–Kier alpha value is -2.82. The Bertz CT molecular complexity index is 766. The third-order valence-corrected chi connectivity index (χ3v) is 2.99. The maximum absolute atomic E-state index is 11.3. The molecule has 0 fully saturated rings. The van der Waals surface area contributed by atoms with E-state index in [2.05, 4.69) is 10.5 Å². The zero-order valence-electron chi connectivity index (χ0n) is 11.5. The predicted molar refractivity (Wildman–Crippen MR) is 78.4 cm³/mol. The number of benzene rings is 1. The van der Waals surface area contributed by atoms with Gasteiger partial charge in [-0.15, -0.1) is 0 Å². The quantitative estimate of drug-likeness (QED) is 0.746. The largest absolute Gasteiger partial charge is 0.453 e. The Morgan fingerprint density at radius 3 is 2.95 bits per heavy atom. The van der Waals surface area contributed by atoms with Gasteiger partial charge in [0.25, 0.3) is 0 Å². The minimum absolute atomic E-state index is 0.161. The lowest BCUT2D eigenvalue weighted by molar-refractivity contribution is -0.116. The van der Waals surface area contributed by atoms with Crippen LogP contribution >= 0.6 is 0 Å². The van der Waals surface area contributed by atoms with Crippen LogP contribution in [-0.2, 0) is 11.3 Å². The maximum atomic E-state index is 11.3. The number of allylic oxidation sites excluding steroid dienone is 1. The standard InChI is InChI=1S/C16H14N2O3/c1-2-5-16(19)17-10-12-9-15(21-18-12)14-8-11-6-3-4-7-13(11)20-14/h2-9H,10H2,1H3,(H,17,19)/b5-2-. The third kappa shape index (κ3) is 2.86. The molecule has 21 heavy (non-hydrogen) atoms. The molecular weight excluding hydrogens is 268 g/mol. The van der Waals surface area contributed by atoms with Gasteiger partial charge >= 0.3 is 0 Å². The molecule has 106 valence electrons. The smallest absolute Gasteiger partial charge is 0.243 e. The molecule has 2 heterocycles. The fourth-order valence-electron chi connectivity index (χ4n) is 2.00. The van der Waals surface area contributed by atoms with Crippen molar-refractivity contribution in [1.29, 1.82) is 0 Å². The molecule has 1 amide bonds. The van der Waals surface area contributed by atoms with E-state index in [4.69, 9.17) is 8.94 Å². The van der Waals surface area contributed by atoms with E-state index >= 15 is 0 Å². The number of hydrogen-bond acceptors (Lipinski definition) is 4. The summed E-state index contributed by atoms with van der Waals surface area (Å²) in [5, 5.41) is 7.64. The highest BCUT2D eigenvalue weighted by molar-refractivity contribution is 5.87. The molecule has 3 aromatic rings. The molecule has 0 saturated carbocycles. The average molecular weight is 282 g/mol. The minimum atomic E-state index is -0.161. The van der Waals surface area contributed by atoms with Gasteiger partial charge in [0.15, 0.2) is 5.76 Å². The molecule has 3 rings (SSSR count). The molecule has 0 aliphatic rings. The molecule has 0 atom stereocenters. The summed E-state index contributed by atoms with van der Waals surface area (Å²) in [7, 11) is 0. The lowest BCUT2D eigenvalue weighted by Crippen LogP contribution is -2.20. The summed E-state index contributed by atoms with van der Waals surface area (Å²) in [6.45, 7) is 2.10. The fourth-order valence-corrected chi connectivity index (χ4v) is 2.00. The van der Waals surface area contributed by atoms with Gasteiger partial charge in [-0.2, -0.15) is 0 Å². The number of nitrogens with one attached hydrogen (secondary N) is 1. The van der Waals surface area contributed by atoms with Crippen LogP contribution in [0.2, 0.25) is 0 Å². The van der Waals surface area contributed by atoms with E-state index < -0.39 is 0 Å². The Balaban J connectivity index is 1.76. The Labute approximate surface area is 121 Å². The van der Waals surface area contributed by atoms with Crippen LogP contribution in [0.4, 0.5) is 0 Å². The number of amides is 1. The fraction of sp³-hybridized carbons (Fsp3) is 0.125. The van der Waals surface area contributed by atoms with Gasteiger partial charge in [0.1, 0.15) is 11.3 Å². The highest BCUT2D eigenvalue weighted by atomic mass is 16.5. The number of carbonyl (C=O) groups is 1. The minimum Gasteiger partial charge on any atom is -0.453 e. The predicted octanol–water partition coefficient (Wildman–Crippen LogP) is 3.28. The Kier molecular flexibility index (Phi) is 3.55. The van der Waals surface area contributed by atoms with Crippen molar-refractivity contribution < 1.29 is 13.7 Å². The van der Waals surface area contributed by atoms with E-state index in [1.165, 1.54) is 6.08 Å². The van der Waals surface area contributed by atoms with Crippen LogP contribution < -0.4 is 5.32 Å². The average Bonchev–Trinajstić information content (AvgIpc) is 3.11. The van der Waals surface area contributed by atoms with Crippen LogP contribution in [0.3, 0.4) is 0 Å². The molecule has 0 aliphatic carbocycles. The van der Waals surface area contributed by atoms with E-state index in [9.17, 15) is 4.79 Å². The summed E-state index contributed by atoms with van der Waals surface area (Å²) in [5.74, 6) is 1.00. The number of fused-ring (bicyclic) bond motifs is 1. The van der Waals surface area contributed by atoms with Crippen molar-refractivity contribution in [2.45, 2.75) is 13.5 Å². The van der Waals surface area contributed by atoms with Crippen molar-refractivity contribution in [3.05, 3.63) is 54.2 Å². The second-order valence-corrected chi connectivity index (χ2v) is 4.55. The summed E-state index contributed by atoms with van der Waals surface area (Å²) in [6.07, 6.45) is 3.14. The first-order valence-corrected chi connectivity index (χ1v) is 6.61. The molecule has 0 unspecified atom stereocenters. The Morgan fingerprint density at radius 2 is 2.14 bits per heavy atom. The molecule has 0 radical (unpaired) electrons. The number of para-hydroxylation sites is 1. The van der Waals surface area contributed by atoms with Crippen molar-refractivity contribution in [2.75, 3.05) is 0 Å². The number of aromatic nitrogens is 1. The van der Waals surface area contributed by atoms with Crippen molar-refractivity contribution in [3.63, 3.8) is 0 Å². The molecule has 2 aromatic heterocycles. The first-order valence-electron chi connectivity index (χ1n) is 6.61. The first-order chi connectivity index (χ1) is 10.3. The van der Waals surface area contributed by atoms with E-state index in [1.54, 1.807) is 19.1 Å². The summed E-state index contributed by atoms with van der Waals surface area (Å²) in [5.41, 5.74) is 1.44. The van der Waals surface area contributed by atoms with Gasteiger partial charge < -0.3 is 14.3 Å². The van der Waals surface area contributed by atoms with E-state index in [1.807, 2.05) is 30.3 Å². The third-order valence-electron chi connectivity index (χ3n) is 2.99. The molecule has 1 aromatic carbocycles. The summed E-state index contributed by atoms with van der Waals surface area (Å²) in [6, 6.07) is 11.4. The van der Waals surface area contributed by atoms with Crippen molar-refractivity contribution >= 4 is 16.9 Å². The van der Waals surface area contributed by atoms with Gasteiger partial charge in [0, 0.05) is 11.5 Å². The van der Waals surface area contributed by atoms with Gasteiger partial charge in [0.05, 0.1) is 6.54 Å². The molecule has 1 N–H and O–H groups in total. The van der Waals surface area contributed by atoms with Crippen LogP contribution in [0.5, 0.6) is 0 Å². The molecule has 5 heteroatoms. The monoisotopic (exact) mass is 282 g/mol. The summed E-state index contributed by atoms with van der Waals surface area (Å²) >= 11 is 0. The SMILES string of the molecule is C/C=C\C(=O)NCc1cc(-c2cc3ccccc3o2)on1. The van der Waals surface area contributed by atoms with E-state index in [0.717, 1.165) is 11.0 Å². The maximum Gasteiger partial charge on any atom is 0.243 e. The highest BCUT2D eigenvalue weighted by Gasteiger charge is 2.12. The number of rotatable bonds is 4. The Morgan fingerprint density at radius 1 is 1.29 bits per heavy atom. The zero-order chi connectivity index (χ0) is 14.7. The topological polar surface area (TPSA) is 68.3 Å². The van der Waals surface area contributed by atoms with Gasteiger partial charge in [0.2, 0.25) is 11.7 Å². The number of carbonyl (C=O) groups excluding carboxylic acids is 1. The first kappa shape index (κ1) is 13.2. The molecule has 0 spiro atoms. The molecular formula is C16H14N2O3. The number of furan rings is 1. The van der Waals surface area contributed by atoms with Crippen molar-refractivity contribution in [2.24, 2.45) is 0 Å². The molecule has 0 aliphatic heterocycles. The highest BCUT2D eigenvalue weighted by Crippen LogP contribution is 2.27. The van der Waals surface area contributed by atoms with Crippen LogP contribution in [0.25, 0.3) is 22.5 Å². The zero-order valence-corrected chi connectivity index (χ0v) is 11.5. The number of nitrogens with zero attached hydrogens (tertiary/aromatic N) is 1. The normalized spacial score (nSPS) is 11.3. The van der Waals surface area contributed by atoms with Gasteiger partial charge in [-0.1, -0.05) is 29.4 Å². The molecule has 0 saturated heterocycles. The second kappa shape index (κ2) is 5.66. The van der Waals surface area contributed by atoms with Gasteiger partial charge in [-0.3, -0.25) is 4.79 Å². The van der Waals surface area contributed by atoms with E-state index in [0.29, 0.717) is 23.8 Å². The summed E-state index contributed by atoms with van der Waals surface area (Å²) in [4.78, 5) is 11.3. The van der Waals surface area contributed by atoms with Crippen molar-refractivity contribution in [1.82, 2.24) is 10.5 Å². The van der Waals surface area contributed by atoms with Gasteiger partial charge in [-0.05, 0) is 25.1 Å². The lowest BCUT2D eigenvalue weighted by Gasteiger charge is -1.96. The second-order valence-electron chi connectivity index (χ2n) is 4.55. The van der Waals surface area contributed by atoms with Gasteiger partial charge in [-0.25, -0.2) is 0 Å². The van der Waals surface area contributed by atoms with Crippen LogP contribution in [0.1, 0.15) is 12.6 Å². The number of hydrogen-bond donors (Lipinski definition) is 1.